The maximum Gasteiger partial charge on any atom is 0.241 e. The van der Waals surface area contributed by atoms with E-state index in [9.17, 15) is 14.4 Å². The van der Waals surface area contributed by atoms with Gasteiger partial charge in [-0.2, -0.15) is 0 Å². The van der Waals surface area contributed by atoms with Crippen LogP contribution in [0.15, 0.2) is 48.8 Å². The molecule has 2 aliphatic rings. The molecule has 3 heterocycles. The highest BCUT2D eigenvalue weighted by Crippen LogP contribution is 2.42. The topological polar surface area (TPSA) is 70.6 Å². The molecular weight excluding hydrogens is 402 g/mol. The van der Waals surface area contributed by atoms with Crippen molar-refractivity contribution in [1.82, 2.24) is 14.8 Å². The second-order valence-corrected chi connectivity index (χ2v) is 9.04. The normalized spacial score (nSPS) is 23.6. The molecule has 0 unspecified atom stereocenters. The fourth-order valence-electron chi connectivity index (χ4n) is 5.30. The van der Waals surface area contributed by atoms with Crippen molar-refractivity contribution in [3.8, 4) is 0 Å². The minimum absolute atomic E-state index is 0.0216. The largest absolute Gasteiger partial charge is 0.340 e. The van der Waals surface area contributed by atoms with E-state index in [1.807, 2.05) is 36.1 Å². The lowest BCUT2D eigenvalue weighted by atomic mass is 9.73. The molecule has 0 N–H and O–H groups in total. The first-order valence-electron chi connectivity index (χ1n) is 11.6. The van der Waals surface area contributed by atoms with Crippen LogP contribution in [-0.2, 0) is 26.3 Å². The Hall–Kier alpha value is -3.02. The zero-order chi connectivity index (χ0) is 22.7. The van der Waals surface area contributed by atoms with Gasteiger partial charge in [0.15, 0.2) is 0 Å². The smallest absolute Gasteiger partial charge is 0.241 e. The van der Waals surface area contributed by atoms with E-state index in [0.717, 1.165) is 48.9 Å². The average molecular weight is 434 g/mol. The minimum atomic E-state index is -1.15. The highest BCUT2D eigenvalue weighted by atomic mass is 16.2. The first kappa shape index (κ1) is 22.2. The number of likely N-dealkylation sites (tertiary alicyclic amines) is 2. The molecule has 6 nitrogen and oxygen atoms in total. The predicted octanol–water partition coefficient (Wildman–Crippen LogP) is 3.77. The fourth-order valence-corrected chi connectivity index (χ4v) is 5.30. The number of nitrogens with zero attached hydrogens (tertiary/aromatic N) is 3. The van der Waals surface area contributed by atoms with Crippen LogP contribution < -0.4 is 0 Å². The first-order chi connectivity index (χ1) is 15.5. The van der Waals surface area contributed by atoms with E-state index in [0.29, 0.717) is 0 Å². The Balaban J connectivity index is 1.69. The van der Waals surface area contributed by atoms with Crippen molar-refractivity contribution in [2.75, 3.05) is 6.54 Å². The van der Waals surface area contributed by atoms with Crippen molar-refractivity contribution < 1.29 is 14.4 Å². The summed E-state index contributed by atoms with van der Waals surface area (Å²) in [7, 11) is 0. The molecule has 2 aliphatic heterocycles. The number of carbonyl (C=O) groups excluding carboxylic acids is 3. The molecule has 1 aromatic carbocycles. The van der Waals surface area contributed by atoms with Crippen LogP contribution in [0.3, 0.4) is 0 Å². The average Bonchev–Trinajstić information content (AvgIpc) is 3.04. The van der Waals surface area contributed by atoms with Crippen molar-refractivity contribution in [1.29, 1.82) is 0 Å². The van der Waals surface area contributed by atoms with Crippen LogP contribution in [0.5, 0.6) is 0 Å². The maximum absolute atomic E-state index is 13.9. The van der Waals surface area contributed by atoms with Gasteiger partial charge in [0.25, 0.3) is 0 Å². The van der Waals surface area contributed by atoms with Gasteiger partial charge in [0, 0.05) is 37.8 Å². The number of amides is 3. The summed E-state index contributed by atoms with van der Waals surface area (Å²) in [6, 6.07) is 11.5. The lowest BCUT2D eigenvalue weighted by Gasteiger charge is -2.38. The molecule has 2 atom stereocenters. The highest BCUT2D eigenvalue weighted by molar-refractivity contribution is 6.10. The summed E-state index contributed by atoms with van der Waals surface area (Å²) >= 11 is 0. The number of piperidine rings is 1. The second kappa shape index (κ2) is 9.23. The number of aromatic nitrogens is 1. The van der Waals surface area contributed by atoms with Gasteiger partial charge in [-0.1, -0.05) is 31.2 Å². The molecule has 1 aromatic heterocycles. The summed E-state index contributed by atoms with van der Waals surface area (Å²) in [4.78, 5) is 47.9. The van der Waals surface area contributed by atoms with Crippen LogP contribution in [0.1, 0.15) is 62.1 Å². The minimum Gasteiger partial charge on any atom is -0.340 e. The third kappa shape index (κ3) is 4.06. The van der Waals surface area contributed by atoms with Gasteiger partial charge in [-0.05, 0) is 61.4 Å². The number of carbonyl (C=O) groups is 3. The van der Waals surface area contributed by atoms with Gasteiger partial charge in [0.05, 0.1) is 12.0 Å². The molecule has 2 saturated heterocycles. The quantitative estimate of drug-likeness (QED) is 0.650. The van der Waals surface area contributed by atoms with Crippen LogP contribution in [0, 0.1) is 6.92 Å². The number of benzene rings is 1. The number of hydrogen-bond acceptors (Lipinski definition) is 4. The van der Waals surface area contributed by atoms with E-state index in [1.54, 1.807) is 24.5 Å². The molecule has 2 aromatic rings. The molecule has 0 radical (unpaired) electrons. The zero-order valence-electron chi connectivity index (χ0n) is 18.9. The Morgan fingerprint density at radius 2 is 1.88 bits per heavy atom. The molecule has 2 fully saturated rings. The summed E-state index contributed by atoms with van der Waals surface area (Å²) in [5, 5.41) is 0. The number of rotatable bonds is 6. The van der Waals surface area contributed by atoms with E-state index in [4.69, 9.17) is 0 Å². The number of pyridine rings is 1. The Labute approximate surface area is 189 Å². The Morgan fingerprint density at radius 1 is 1.12 bits per heavy atom. The van der Waals surface area contributed by atoms with E-state index >= 15 is 0 Å². The zero-order valence-corrected chi connectivity index (χ0v) is 18.9. The summed E-state index contributed by atoms with van der Waals surface area (Å²) in [6.07, 6.45) is 7.39. The van der Waals surface area contributed by atoms with E-state index in [1.165, 1.54) is 4.90 Å². The number of imide groups is 1. The summed E-state index contributed by atoms with van der Waals surface area (Å²) in [5.74, 6) is -0.521. The van der Waals surface area contributed by atoms with Gasteiger partial charge in [0.1, 0.15) is 0 Å². The van der Waals surface area contributed by atoms with E-state index < -0.39 is 5.41 Å². The van der Waals surface area contributed by atoms with Gasteiger partial charge >= 0.3 is 0 Å². The Morgan fingerprint density at radius 3 is 2.59 bits per heavy atom. The lowest BCUT2D eigenvalue weighted by Crippen LogP contribution is -2.48. The van der Waals surface area contributed by atoms with Gasteiger partial charge in [0.2, 0.25) is 17.7 Å². The molecule has 0 bridgehead atoms. The summed E-state index contributed by atoms with van der Waals surface area (Å²) in [6.45, 7) is 4.97. The monoisotopic (exact) mass is 433 g/mol. The van der Waals surface area contributed by atoms with Crippen molar-refractivity contribution in [2.45, 2.75) is 70.4 Å². The standard InChI is InChI=1S/C26H31N3O3/c1-3-21-9-6-7-15-28(21)23(30)16-26(22-10-5-4-8-19(22)2)17-24(31)29(25(26)32)18-20-11-13-27-14-12-20/h4-5,8,10-14,21H,3,6-7,9,15-18H2,1-2H3/t21-,26+/m0/s1. The van der Waals surface area contributed by atoms with Crippen LogP contribution in [0.25, 0.3) is 0 Å². The van der Waals surface area contributed by atoms with Crippen LogP contribution in [-0.4, -0.2) is 45.1 Å². The molecule has 32 heavy (non-hydrogen) atoms. The Kier molecular flexibility index (Phi) is 6.40. The molecule has 0 saturated carbocycles. The van der Waals surface area contributed by atoms with Crippen molar-refractivity contribution in [3.05, 3.63) is 65.5 Å². The van der Waals surface area contributed by atoms with Crippen LogP contribution in [0.2, 0.25) is 0 Å². The van der Waals surface area contributed by atoms with E-state index in [-0.39, 0.29) is 43.1 Å². The second-order valence-electron chi connectivity index (χ2n) is 9.04. The molecule has 168 valence electrons. The molecular formula is C26H31N3O3. The van der Waals surface area contributed by atoms with Gasteiger partial charge in [-0.25, -0.2) is 0 Å². The first-order valence-corrected chi connectivity index (χ1v) is 11.6. The molecule has 3 amide bonds. The third-order valence-corrected chi connectivity index (χ3v) is 7.03. The van der Waals surface area contributed by atoms with Gasteiger partial charge < -0.3 is 4.90 Å². The van der Waals surface area contributed by atoms with Crippen molar-refractivity contribution in [3.63, 3.8) is 0 Å². The molecule has 4 rings (SSSR count). The Bertz CT molecular complexity index is 1010. The third-order valence-electron chi connectivity index (χ3n) is 7.03. The molecule has 6 heteroatoms. The van der Waals surface area contributed by atoms with Crippen molar-refractivity contribution in [2.24, 2.45) is 0 Å². The van der Waals surface area contributed by atoms with Gasteiger partial charge in [-0.3, -0.25) is 24.3 Å². The summed E-state index contributed by atoms with van der Waals surface area (Å²) in [5.41, 5.74) is 1.41. The van der Waals surface area contributed by atoms with Gasteiger partial charge in [-0.15, -0.1) is 0 Å². The van der Waals surface area contributed by atoms with Crippen LogP contribution >= 0.6 is 0 Å². The predicted molar refractivity (Wildman–Crippen MR) is 122 cm³/mol. The van der Waals surface area contributed by atoms with Crippen LogP contribution in [0.4, 0.5) is 0 Å². The fraction of sp³-hybridized carbons (Fsp3) is 0.462. The lowest BCUT2D eigenvalue weighted by molar-refractivity contribution is -0.144. The summed E-state index contributed by atoms with van der Waals surface area (Å²) < 4.78 is 0. The molecule has 0 spiro atoms. The maximum atomic E-state index is 13.9. The molecule has 0 aliphatic carbocycles. The van der Waals surface area contributed by atoms with Crippen molar-refractivity contribution >= 4 is 17.7 Å². The number of aryl methyl sites for hydroxylation is 1. The van der Waals surface area contributed by atoms with E-state index in [2.05, 4.69) is 11.9 Å². The SMILES string of the molecule is CC[C@H]1CCCCN1C(=O)C[C@]1(c2ccccc2C)CC(=O)N(Cc2ccncc2)C1=O. The highest BCUT2D eigenvalue weighted by Gasteiger charge is 2.54. The number of hydrogen-bond donors (Lipinski definition) is 0.